The molecule has 0 heterocycles. The van der Waals surface area contributed by atoms with Crippen molar-refractivity contribution in [1.29, 1.82) is 0 Å². The maximum Gasteiger partial charge on any atom is -0.0132 e. The average Bonchev–Trinajstić information content (AvgIpc) is 2.25. The van der Waals surface area contributed by atoms with E-state index >= 15 is 0 Å². The van der Waals surface area contributed by atoms with Crippen LogP contribution in [0.5, 0.6) is 0 Å². The summed E-state index contributed by atoms with van der Waals surface area (Å²) in [6, 6.07) is 9.03. The quantitative estimate of drug-likeness (QED) is 0.652. The van der Waals surface area contributed by atoms with Gasteiger partial charge in [-0.2, -0.15) is 0 Å². The summed E-state index contributed by atoms with van der Waals surface area (Å²) in [4.78, 5) is 0. The summed E-state index contributed by atoms with van der Waals surface area (Å²) in [5.74, 6) is 0. The van der Waals surface area contributed by atoms with Crippen LogP contribution in [0.2, 0.25) is 0 Å². The van der Waals surface area contributed by atoms with Crippen molar-refractivity contribution < 1.29 is 0 Å². The summed E-state index contributed by atoms with van der Waals surface area (Å²) in [5.41, 5.74) is 4.49. The van der Waals surface area contributed by atoms with Gasteiger partial charge in [0, 0.05) is 0 Å². The molecule has 1 aromatic carbocycles. The molecule has 0 aliphatic heterocycles. The normalized spacial score (nSPS) is 12.9. The minimum Gasteiger partial charge on any atom is -0.0810 e. The second-order valence-electron chi connectivity index (χ2n) is 5.32. The molecule has 0 saturated carbocycles. The monoisotopic (exact) mass is 216 g/mol. The molecule has 1 rings (SSSR count). The van der Waals surface area contributed by atoms with Gasteiger partial charge in [-0.05, 0) is 35.0 Å². The van der Waals surface area contributed by atoms with E-state index in [1.54, 1.807) is 0 Å². The molecule has 88 valence electrons. The van der Waals surface area contributed by atoms with Crippen LogP contribution < -0.4 is 0 Å². The highest BCUT2D eigenvalue weighted by molar-refractivity contribution is 5.65. The first-order chi connectivity index (χ1) is 7.49. The van der Waals surface area contributed by atoms with E-state index in [0.717, 1.165) is 12.8 Å². The zero-order chi connectivity index (χ0) is 12.2. The van der Waals surface area contributed by atoms with Crippen molar-refractivity contribution in [1.82, 2.24) is 0 Å². The Morgan fingerprint density at radius 3 is 2.00 bits per heavy atom. The zero-order valence-electron chi connectivity index (χ0n) is 11.3. The van der Waals surface area contributed by atoms with Crippen LogP contribution in [0.3, 0.4) is 0 Å². The van der Waals surface area contributed by atoms with Crippen LogP contribution in [-0.4, -0.2) is 0 Å². The molecule has 0 atom stereocenters. The van der Waals surface area contributed by atoms with Crippen LogP contribution in [0.25, 0.3) is 5.57 Å². The summed E-state index contributed by atoms with van der Waals surface area (Å²) in [6.45, 7) is 11.2. The minimum absolute atomic E-state index is 0.249. The molecular formula is C16H24. The lowest BCUT2D eigenvalue weighted by Crippen LogP contribution is -2.10. The van der Waals surface area contributed by atoms with Crippen molar-refractivity contribution in [3.63, 3.8) is 0 Å². The van der Waals surface area contributed by atoms with Gasteiger partial charge in [0.25, 0.3) is 0 Å². The second kappa shape index (κ2) is 5.34. The molecule has 0 N–H and O–H groups in total. The first-order valence-corrected chi connectivity index (χ1v) is 6.29. The number of hydrogen-bond acceptors (Lipinski definition) is 0. The van der Waals surface area contributed by atoms with Gasteiger partial charge in [-0.15, -0.1) is 0 Å². The van der Waals surface area contributed by atoms with Gasteiger partial charge in [-0.25, -0.2) is 0 Å². The minimum atomic E-state index is 0.249. The van der Waals surface area contributed by atoms with Crippen molar-refractivity contribution in [3.8, 4) is 0 Å². The maximum absolute atomic E-state index is 2.33. The van der Waals surface area contributed by atoms with Crippen molar-refractivity contribution >= 4 is 5.57 Å². The Balaban J connectivity index is 2.99. The van der Waals surface area contributed by atoms with Gasteiger partial charge in [-0.1, -0.05) is 65.0 Å². The van der Waals surface area contributed by atoms with E-state index in [4.69, 9.17) is 0 Å². The van der Waals surface area contributed by atoms with Gasteiger partial charge in [-0.3, -0.25) is 0 Å². The van der Waals surface area contributed by atoms with Gasteiger partial charge in [0.15, 0.2) is 0 Å². The summed E-state index contributed by atoms with van der Waals surface area (Å²) in [5, 5.41) is 0. The molecular weight excluding hydrogens is 192 g/mol. The third kappa shape index (κ3) is 3.23. The summed E-state index contributed by atoms with van der Waals surface area (Å²) in [6.07, 6.45) is 4.55. The van der Waals surface area contributed by atoms with E-state index in [1.807, 2.05) is 0 Å². The zero-order valence-corrected chi connectivity index (χ0v) is 11.3. The molecule has 0 radical (unpaired) electrons. The number of hydrogen-bond donors (Lipinski definition) is 0. The summed E-state index contributed by atoms with van der Waals surface area (Å²) < 4.78 is 0. The van der Waals surface area contributed by atoms with Gasteiger partial charge < -0.3 is 0 Å². The van der Waals surface area contributed by atoms with Crippen molar-refractivity contribution in [2.24, 2.45) is 0 Å². The molecule has 0 aliphatic rings. The first-order valence-electron chi connectivity index (χ1n) is 6.29. The van der Waals surface area contributed by atoms with Gasteiger partial charge in [0.2, 0.25) is 0 Å². The van der Waals surface area contributed by atoms with E-state index in [2.05, 4.69) is 65.0 Å². The summed E-state index contributed by atoms with van der Waals surface area (Å²) in [7, 11) is 0. The lowest BCUT2D eigenvalue weighted by atomic mass is 9.86. The molecule has 0 saturated heterocycles. The Bertz CT molecular complexity index is 347. The largest absolute Gasteiger partial charge is 0.0810 e. The highest BCUT2D eigenvalue weighted by atomic mass is 14.2. The molecule has 0 aromatic heterocycles. The van der Waals surface area contributed by atoms with Crippen molar-refractivity contribution in [3.05, 3.63) is 41.5 Å². The first kappa shape index (κ1) is 13.0. The Morgan fingerprint density at radius 2 is 1.62 bits per heavy atom. The van der Waals surface area contributed by atoms with Crippen LogP contribution >= 0.6 is 0 Å². The Kier molecular flexibility index (Phi) is 4.35. The second-order valence-corrected chi connectivity index (χ2v) is 5.32. The molecule has 0 unspecified atom stereocenters. The van der Waals surface area contributed by atoms with Crippen LogP contribution in [0.4, 0.5) is 0 Å². The SMILES string of the molecule is CCC=C(CC)c1ccc(C(C)(C)C)cc1. The molecule has 0 nitrogen and oxygen atoms in total. The van der Waals surface area contributed by atoms with Gasteiger partial charge in [0.05, 0.1) is 0 Å². The fourth-order valence-corrected chi connectivity index (χ4v) is 1.90. The van der Waals surface area contributed by atoms with Crippen molar-refractivity contribution in [2.45, 2.75) is 52.9 Å². The third-order valence-electron chi connectivity index (χ3n) is 2.95. The summed E-state index contributed by atoms with van der Waals surface area (Å²) >= 11 is 0. The van der Waals surface area contributed by atoms with Crippen molar-refractivity contribution in [2.75, 3.05) is 0 Å². The molecule has 0 bridgehead atoms. The van der Waals surface area contributed by atoms with E-state index in [1.165, 1.54) is 16.7 Å². The van der Waals surface area contributed by atoms with Gasteiger partial charge >= 0.3 is 0 Å². The maximum atomic E-state index is 2.33. The van der Waals surface area contributed by atoms with Crippen LogP contribution in [-0.2, 0) is 5.41 Å². The van der Waals surface area contributed by atoms with E-state index < -0.39 is 0 Å². The number of rotatable bonds is 3. The average molecular weight is 216 g/mol. The van der Waals surface area contributed by atoms with E-state index in [-0.39, 0.29) is 5.41 Å². The van der Waals surface area contributed by atoms with Crippen LogP contribution in [0, 0.1) is 0 Å². The molecule has 0 amide bonds. The highest BCUT2D eigenvalue weighted by Gasteiger charge is 2.12. The smallest absolute Gasteiger partial charge is 0.0132 e. The lowest BCUT2D eigenvalue weighted by Gasteiger charge is -2.19. The highest BCUT2D eigenvalue weighted by Crippen LogP contribution is 2.25. The Labute approximate surface area is 100 Å². The Morgan fingerprint density at radius 1 is 1.06 bits per heavy atom. The topological polar surface area (TPSA) is 0 Å². The Hall–Kier alpha value is -1.04. The fourth-order valence-electron chi connectivity index (χ4n) is 1.90. The predicted molar refractivity (Wildman–Crippen MR) is 73.7 cm³/mol. The predicted octanol–water partition coefficient (Wildman–Crippen LogP) is 5.19. The molecule has 16 heavy (non-hydrogen) atoms. The molecule has 1 aromatic rings. The number of allylic oxidation sites excluding steroid dienone is 2. The number of benzene rings is 1. The van der Waals surface area contributed by atoms with Crippen LogP contribution in [0.1, 0.15) is 58.6 Å². The third-order valence-corrected chi connectivity index (χ3v) is 2.95. The molecule has 0 aliphatic carbocycles. The van der Waals surface area contributed by atoms with E-state index in [0.29, 0.717) is 0 Å². The standard InChI is InChI=1S/C16H24/c1-6-8-13(7-2)14-9-11-15(12-10-14)16(3,4)5/h8-12H,6-7H2,1-5H3. The van der Waals surface area contributed by atoms with E-state index in [9.17, 15) is 0 Å². The fraction of sp³-hybridized carbons (Fsp3) is 0.500. The lowest BCUT2D eigenvalue weighted by molar-refractivity contribution is 0.590. The molecule has 0 fully saturated rings. The van der Waals surface area contributed by atoms with Crippen LogP contribution in [0.15, 0.2) is 30.3 Å². The molecule has 0 spiro atoms. The van der Waals surface area contributed by atoms with Gasteiger partial charge in [0.1, 0.15) is 0 Å². The molecule has 0 heteroatoms.